The largest absolute Gasteiger partial charge is 0.398 e. The number of aryl methyl sites for hydroxylation is 1. The highest BCUT2D eigenvalue weighted by Gasteiger charge is 2.03. The molecule has 0 saturated carbocycles. The van der Waals surface area contributed by atoms with Crippen LogP contribution in [0.5, 0.6) is 0 Å². The molecule has 16 heavy (non-hydrogen) atoms. The molecule has 0 unspecified atom stereocenters. The van der Waals surface area contributed by atoms with Crippen molar-refractivity contribution < 1.29 is 0 Å². The van der Waals surface area contributed by atoms with Crippen LogP contribution in [0.3, 0.4) is 0 Å². The molecular formula is C13H11Cl2N. The number of hydrogen-bond donors (Lipinski definition) is 1. The summed E-state index contributed by atoms with van der Waals surface area (Å²) in [6.07, 6.45) is 0. The van der Waals surface area contributed by atoms with Crippen LogP contribution in [0.25, 0.3) is 11.1 Å². The smallest absolute Gasteiger partial charge is 0.0426 e. The van der Waals surface area contributed by atoms with Gasteiger partial charge in [0.15, 0.2) is 0 Å². The Morgan fingerprint density at radius 3 is 2.06 bits per heavy atom. The third-order valence-electron chi connectivity index (χ3n) is 2.48. The topological polar surface area (TPSA) is 26.0 Å². The summed E-state index contributed by atoms with van der Waals surface area (Å²) in [5.41, 5.74) is 9.70. The van der Waals surface area contributed by atoms with Gasteiger partial charge in [-0.3, -0.25) is 0 Å². The van der Waals surface area contributed by atoms with Gasteiger partial charge in [-0.15, -0.1) is 0 Å². The van der Waals surface area contributed by atoms with Crippen molar-refractivity contribution in [3.05, 3.63) is 52.0 Å². The van der Waals surface area contributed by atoms with Gasteiger partial charge in [0.25, 0.3) is 0 Å². The van der Waals surface area contributed by atoms with E-state index in [2.05, 4.69) is 0 Å². The van der Waals surface area contributed by atoms with Gasteiger partial charge in [-0.25, -0.2) is 0 Å². The van der Waals surface area contributed by atoms with Gasteiger partial charge in [0, 0.05) is 15.7 Å². The fraction of sp³-hybridized carbons (Fsp3) is 0.0769. The first-order chi connectivity index (χ1) is 7.56. The summed E-state index contributed by atoms with van der Waals surface area (Å²) in [7, 11) is 0. The van der Waals surface area contributed by atoms with Crippen molar-refractivity contribution in [1.29, 1.82) is 0 Å². The van der Waals surface area contributed by atoms with Crippen molar-refractivity contribution in [2.75, 3.05) is 5.73 Å². The molecule has 0 aliphatic carbocycles. The molecule has 2 N–H and O–H groups in total. The molecule has 0 fully saturated rings. The van der Waals surface area contributed by atoms with Crippen molar-refractivity contribution in [1.82, 2.24) is 0 Å². The van der Waals surface area contributed by atoms with E-state index in [4.69, 9.17) is 28.9 Å². The molecule has 0 bridgehead atoms. The van der Waals surface area contributed by atoms with E-state index in [0.29, 0.717) is 10.0 Å². The minimum atomic E-state index is 0.627. The molecule has 82 valence electrons. The van der Waals surface area contributed by atoms with Crippen LogP contribution in [-0.2, 0) is 0 Å². The third kappa shape index (κ3) is 2.31. The lowest BCUT2D eigenvalue weighted by Gasteiger charge is -2.06. The maximum absolute atomic E-state index is 5.96. The molecule has 0 amide bonds. The Kier molecular flexibility index (Phi) is 3.08. The molecule has 1 nitrogen and oxygen atoms in total. The van der Waals surface area contributed by atoms with E-state index in [9.17, 15) is 0 Å². The van der Waals surface area contributed by atoms with E-state index in [1.807, 2.05) is 37.3 Å². The quantitative estimate of drug-likeness (QED) is 0.740. The Hall–Kier alpha value is -1.18. The Labute approximate surface area is 105 Å². The van der Waals surface area contributed by atoms with Crippen LogP contribution in [0.4, 0.5) is 5.69 Å². The van der Waals surface area contributed by atoms with Crippen LogP contribution < -0.4 is 5.73 Å². The molecular weight excluding hydrogens is 241 g/mol. The molecule has 0 radical (unpaired) electrons. The zero-order valence-corrected chi connectivity index (χ0v) is 10.3. The highest BCUT2D eigenvalue weighted by atomic mass is 35.5. The molecule has 0 aliphatic heterocycles. The monoisotopic (exact) mass is 251 g/mol. The van der Waals surface area contributed by atoms with Crippen molar-refractivity contribution in [3.8, 4) is 11.1 Å². The van der Waals surface area contributed by atoms with Crippen LogP contribution in [0.1, 0.15) is 5.56 Å². The molecule has 0 saturated heterocycles. The predicted molar refractivity (Wildman–Crippen MR) is 71.0 cm³/mol. The molecule has 0 aliphatic rings. The maximum atomic E-state index is 5.96. The predicted octanol–water partition coefficient (Wildman–Crippen LogP) is 4.55. The molecule has 2 aromatic carbocycles. The van der Waals surface area contributed by atoms with Crippen LogP contribution in [0.2, 0.25) is 10.0 Å². The fourth-order valence-electron chi connectivity index (χ4n) is 1.54. The van der Waals surface area contributed by atoms with Crippen molar-refractivity contribution in [2.45, 2.75) is 6.92 Å². The highest BCUT2D eigenvalue weighted by Crippen LogP contribution is 2.29. The highest BCUT2D eigenvalue weighted by molar-refractivity contribution is 6.35. The number of halogens is 2. The van der Waals surface area contributed by atoms with Crippen LogP contribution in [0.15, 0.2) is 36.4 Å². The van der Waals surface area contributed by atoms with Gasteiger partial charge in [0.05, 0.1) is 0 Å². The SMILES string of the molecule is Cc1ccc(-c2cc(Cl)cc(Cl)c2)cc1N. The van der Waals surface area contributed by atoms with Crippen LogP contribution in [0, 0.1) is 6.92 Å². The molecule has 0 aromatic heterocycles. The lowest BCUT2D eigenvalue weighted by atomic mass is 10.0. The minimum Gasteiger partial charge on any atom is -0.398 e. The summed E-state index contributed by atoms with van der Waals surface area (Å²) in [5.74, 6) is 0. The molecule has 3 heteroatoms. The zero-order valence-electron chi connectivity index (χ0n) is 8.80. The maximum Gasteiger partial charge on any atom is 0.0426 e. The second-order valence-corrected chi connectivity index (χ2v) is 4.60. The fourth-order valence-corrected chi connectivity index (χ4v) is 2.07. The standard InChI is InChI=1S/C13H11Cl2N/c1-8-2-3-9(6-13(8)16)10-4-11(14)7-12(15)5-10/h2-7H,16H2,1H3. The summed E-state index contributed by atoms with van der Waals surface area (Å²) >= 11 is 11.9. The molecule has 2 aromatic rings. The Bertz CT molecular complexity index is 515. The summed E-state index contributed by atoms with van der Waals surface area (Å²) in [4.78, 5) is 0. The average Bonchev–Trinajstić information content (AvgIpc) is 2.20. The minimum absolute atomic E-state index is 0.627. The van der Waals surface area contributed by atoms with Gasteiger partial charge in [0.1, 0.15) is 0 Å². The van der Waals surface area contributed by atoms with Gasteiger partial charge >= 0.3 is 0 Å². The number of benzene rings is 2. The van der Waals surface area contributed by atoms with E-state index in [-0.39, 0.29) is 0 Å². The van der Waals surface area contributed by atoms with Gasteiger partial charge in [0.2, 0.25) is 0 Å². The van der Waals surface area contributed by atoms with E-state index in [1.54, 1.807) is 6.07 Å². The summed E-state index contributed by atoms with van der Waals surface area (Å²) in [6, 6.07) is 11.4. The molecule has 0 atom stereocenters. The van der Waals surface area contributed by atoms with Crippen LogP contribution in [-0.4, -0.2) is 0 Å². The summed E-state index contributed by atoms with van der Waals surface area (Å²) < 4.78 is 0. The molecule has 0 spiro atoms. The summed E-state index contributed by atoms with van der Waals surface area (Å²) in [5, 5.41) is 1.25. The number of nitrogens with two attached hydrogens (primary N) is 1. The van der Waals surface area contributed by atoms with E-state index >= 15 is 0 Å². The van der Waals surface area contributed by atoms with Gasteiger partial charge in [-0.1, -0.05) is 35.3 Å². The van der Waals surface area contributed by atoms with Crippen molar-refractivity contribution in [2.24, 2.45) is 0 Å². The first kappa shape index (κ1) is 11.3. The second kappa shape index (κ2) is 4.36. The first-order valence-electron chi connectivity index (χ1n) is 4.89. The summed E-state index contributed by atoms with van der Waals surface area (Å²) in [6.45, 7) is 1.98. The number of nitrogen functional groups attached to an aromatic ring is 1. The van der Waals surface area contributed by atoms with Crippen molar-refractivity contribution in [3.63, 3.8) is 0 Å². The molecule has 0 heterocycles. The third-order valence-corrected chi connectivity index (χ3v) is 2.91. The number of rotatable bonds is 1. The van der Waals surface area contributed by atoms with E-state index in [1.165, 1.54) is 0 Å². The first-order valence-corrected chi connectivity index (χ1v) is 5.64. The van der Waals surface area contributed by atoms with E-state index in [0.717, 1.165) is 22.4 Å². The lowest BCUT2D eigenvalue weighted by molar-refractivity contribution is 1.47. The van der Waals surface area contributed by atoms with Gasteiger partial charge < -0.3 is 5.73 Å². The number of hydrogen-bond acceptors (Lipinski definition) is 1. The number of anilines is 1. The van der Waals surface area contributed by atoms with Gasteiger partial charge in [-0.2, -0.15) is 0 Å². The Balaban J connectivity index is 2.54. The van der Waals surface area contributed by atoms with Crippen molar-refractivity contribution >= 4 is 28.9 Å². The molecule has 2 rings (SSSR count). The van der Waals surface area contributed by atoms with Gasteiger partial charge in [-0.05, 0) is 47.9 Å². The Morgan fingerprint density at radius 2 is 1.50 bits per heavy atom. The van der Waals surface area contributed by atoms with E-state index < -0.39 is 0 Å². The average molecular weight is 252 g/mol. The second-order valence-electron chi connectivity index (χ2n) is 3.73. The Morgan fingerprint density at radius 1 is 0.875 bits per heavy atom. The normalized spacial score (nSPS) is 10.4. The lowest BCUT2D eigenvalue weighted by Crippen LogP contribution is -1.89. The zero-order chi connectivity index (χ0) is 11.7. The van der Waals surface area contributed by atoms with Crippen LogP contribution >= 0.6 is 23.2 Å².